The van der Waals surface area contributed by atoms with Crippen LogP contribution in [0.2, 0.25) is 0 Å². The van der Waals surface area contributed by atoms with E-state index in [4.69, 9.17) is 9.47 Å². The van der Waals surface area contributed by atoms with Crippen LogP contribution < -0.4 is 9.47 Å². The molecule has 0 N–H and O–H groups in total. The summed E-state index contributed by atoms with van der Waals surface area (Å²) in [7, 11) is 0. The van der Waals surface area contributed by atoms with Crippen LogP contribution in [0.25, 0.3) is 0 Å². The normalized spacial score (nSPS) is 18.4. The van der Waals surface area contributed by atoms with Gasteiger partial charge in [0.05, 0.1) is 4.83 Å². The third-order valence-electron chi connectivity index (χ3n) is 3.43. The molecule has 0 aromatic heterocycles. The lowest BCUT2D eigenvalue weighted by molar-refractivity contribution is 0.0898. The van der Waals surface area contributed by atoms with E-state index in [2.05, 4.69) is 15.9 Å². The molecule has 110 valence electrons. The van der Waals surface area contributed by atoms with Crippen molar-refractivity contribution in [3.63, 3.8) is 0 Å². The van der Waals surface area contributed by atoms with Crippen LogP contribution >= 0.6 is 15.9 Å². The third kappa shape index (κ3) is 2.75. The molecule has 2 unspecified atom stereocenters. The molecule has 0 bridgehead atoms. The number of para-hydroxylation sites is 2. The average Bonchev–Trinajstić information content (AvgIpc) is 2.50. The minimum atomic E-state index is -0.595. The Hall–Kier alpha value is -1.62. The average molecular weight is 355 g/mol. The van der Waals surface area contributed by atoms with Gasteiger partial charge in [0.25, 0.3) is 0 Å². The fourth-order valence-electron chi connectivity index (χ4n) is 2.27. The quantitative estimate of drug-likeness (QED) is 0.736. The maximum Gasteiger partial charge on any atom is 0.161 e. The van der Waals surface area contributed by atoms with Crippen molar-refractivity contribution in [2.75, 3.05) is 6.61 Å². The Balaban J connectivity index is 1.87. The zero-order chi connectivity index (χ0) is 15.0. The van der Waals surface area contributed by atoms with Crippen LogP contribution in [0.3, 0.4) is 0 Å². The Morgan fingerprint density at radius 2 is 1.86 bits per heavy atom. The van der Waals surface area contributed by atoms with Crippen LogP contribution in [-0.4, -0.2) is 12.7 Å². The molecule has 3 rings (SSSR count). The van der Waals surface area contributed by atoms with E-state index >= 15 is 0 Å². The number of alkyl halides is 1. The van der Waals surface area contributed by atoms with E-state index in [0.717, 1.165) is 6.07 Å². The summed E-state index contributed by atoms with van der Waals surface area (Å²) in [6.45, 7) is 1.90. The molecule has 1 heterocycles. The number of fused-ring (bicyclic) bond motifs is 1. The molecule has 21 heavy (non-hydrogen) atoms. The summed E-state index contributed by atoms with van der Waals surface area (Å²) in [4.78, 5) is -0.426. The number of halogens is 3. The lowest BCUT2D eigenvalue weighted by Crippen LogP contribution is -2.33. The highest BCUT2D eigenvalue weighted by Gasteiger charge is 2.30. The van der Waals surface area contributed by atoms with E-state index in [9.17, 15) is 8.78 Å². The predicted molar refractivity (Wildman–Crippen MR) is 79.1 cm³/mol. The molecule has 5 heteroatoms. The van der Waals surface area contributed by atoms with E-state index in [-0.39, 0.29) is 6.10 Å². The first kappa shape index (κ1) is 14.3. The van der Waals surface area contributed by atoms with Gasteiger partial charge in [-0.1, -0.05) is 28.1 Å². The molecule has 2 nitrogen and oxygen atoms in total. The van der Waals surface area contributed by atoms with Crippen LogP contribution in [0, 0.1) is 18.6 Å². The number of rotatable bonds is 2. The van der Waals surface area contributed by atoms with Gasteiger partial charge in [0.1, 0.15) is 24.3 Å². The van der Waals surface area contributed by atoms with Gasteiger partial charge in [0, 0.05) is 11.6 Å². The van der Waals surface area contributed by atoms with Crippen molar-refractivity contribution in [3.05, 3.63) is 59.2 Å². The minimum absolute atomic E-state index is 0.294. The standard InChI is InChI=1S/C16H13BrF2O2/c1-9-6-10(12(19)7-11(9)18)16(17)15-8-20-13-4-2-3-5-14(13)21-15/h2-7,15-16H,8H2,1H3. The van der Waals surface area contributed by atoms with Gasteiger partial charge in [-0.15, -0.1) is 0 Å². The zero-order valence-corrected chi connectivity index (χ0v) is 12.9. The minimum Gasteiger partial charge on any atom is -0.486 e. The molecule has 0 saturated heterocycles. The van der Waals surface area contributed by atoms with Gasteiger partial charge in [0.15, 0.2) is 11.5 Å². The maximum atomic E-state index is 14.0. The van der Waals surface area contributed by atoms with Crippen molar-refractivity contribution in [2.45, 2.75) is 17.9 Å². The van der Waals surface area contributed by atoms with E-state index in [1.807, 2.05) is 18.2 Å². The summed E-state index contributed by atoms with van der Waals surface area (Å²) in [5, 5.41) is 0. The molecule has 2 aromatic carbocycles. The van der Waals surface area contributed by atoms with E-state index in [1.54, 1.807) is 13.0 Å². The van der Waals surface area contributed by atoms with Crippen molar-refractivity contribution in [1.29, 1.82) is 0 Å². The number of benzene rings is 2. The van der Waals surface area contributed by atoms with Gasteiger partial charge in [-0.2, -0.15) is 0 Å². The van der Waals surface area contributed by atoms with Crippen molar-refractivity contribution in [2.24, 2.45) is 0 Å². The van der Waals surface area contributed by atoms with Crippen molar-refractivity contribution < 1.29 is 18.3 Å². The SMILES string of the molecule is Cc1cc(C(Br)C2COc3ccccc3O2)c(F)cc1F. The Bertz CT molecular complexity index is 675. The molecule has 1 aliphatic rings. The smallest absolute Gasteiger partial charge is 0.161 e. The Morgan fingerprint density at radius 3 is 2.62 bits per heavy atom. The summed E-state index contributed by atoms with van der Waals surface area (Å²) < 4.78 is 38.8. The molecule has 0 amide bonds. The first-order valence-electron chi connectivity index (χ1n) is 6.54. The fourth-order valence-corrected chi connectivity index (χ4v) is 2.88. The summed E-state index contributed by atoms with van der Waals surface area (Å²) in [5.74, 6) is 0.145. The van der Waals surface area contributed by atoms with E-state index in [0.29, 0.717) is 29.2 Å². The van der Waals surface area contributed by atoms with Crippen molar-refractivity contribution in [1.82, 2.24) is 0 Å². The van der Waals surface area contributed by atoms with Gasteiger partial charge >= 0.3 is 0 Å². The topological polar surface area (TPSA) is 18.5 Å². The van der Waals surface area contributed by atoms with Gasteiger partial charge < -0.3 is 9.47 Å². The van der Waals surface area contributed by atoms with Crippen LogP contribution in [0.4, 0.5) is 8.78 Å². The van der Waals surface area contributed by atoms with Crippen LogP contribution in [0.15, 0.2) is 36.4 Å². The van der Waals surface area contributed by atoms with E-state index in [1.165, 1.54) is 6.07 Å². The Kier molecular flexibility index (Phi) is 3.85. The summed E-state index contributed by atoms with van der Waals surface area (Å²) >= 11 is 3.44. The van der Waals surface area contributed by atoms with Gasteiger partial charge in [-0.25, -0.2) is 8.78 Å². The molecular weight excluding hydrogens is 342 g/mol. The molecule has 2 aromatic rings. The zero-order valence-electron chi connectivity index (χ0n) is 11.3. The Labute approximate surface area is 129 Å². The van der Waals surface area contributed by atoms with Crippen LogP contribution in [0.1, 0.15) is 16.0 Å². The van der Waals surface area contributed by atoms with Crippen LogP contribution in [-0.2, 0) is 0 Å². The van der Waals surface area contributed by atoms with Crippen molar-refractivity contribution in [3.8, 4) is 11.5 Å². The molecule has 0 saturated carbocycles. The summed E-state index contributed by atoms with van der Waals surface area (Å²) in [6.07, 6.45) is -0.390. The van der Waals surface area contributed by atoms with Crippen LogP contribution in [0.5, 0.6) is 11.5 Å². The second-order valence-corrected chi connectivity index (χ2v) is 5.93. The number of ether oxygens (including phenoxy) is 2. The summed E-state index contributed by atoms with van der Waals surface area (Å²) in [6, 6.07) is 9.71. The highest BCUT2D eigenvalue weighted by molar-refractivity contribution is 9.09. The molecule has 2 atom stereocenters. The van der Waals surface area contributed by atoms with Crippen molar-refractivity contribution >= 4 is 15.9 Å². The number of hydrogen-bond acceptors (Lipinski definition) is 2. The summed E-state index contributed by atoms with van der Waals surface area (Å²) in [5.41, 5.74) is 0.759. The number of aryl methyl sites for hydroxylation is 1. The number of hydrogen-bond donors (Lipinski definition) is 0. The molecule has 0 radical (unpaired) electrons. The van der Waals surface area contributed by atoms with Gasteiger partial charge in [0.2, 0.25) is 0 Å². The lowest BCUT2D eigenvalue weighted by atomic mass is 10.0. The first-order valence-corrected chi connectivity index (χ1v) is 7.46. The third-order valence-corrected chi connectivity index (χ3v) is 4.51. The second kappa shape index (κ2) is 5.64. The predicted octanol–water partition coefficient (Wildman–Crippen LogP) is 4.55. The fraction of sp³-hybridized carbons (Fsp3) is 0.250. The first-order chi connectivity index (χ1) is 10.1. The van der Waals surface area contributed by atoms with E-state index < -0.39 is 16.5 Å². The Morgan fingerprint density at radius 1 is 1.14 bits per heavy atom. The molecule has 1 aliphatic heterocycles. The molecule has 0 aliphatic carbocycles. The molecule has 0 fully saturated rings. The lowest BCUT2D eigenvalue weighted by Gasteiger charge is -2.30. The molecule has 0 spiro atoms. The monoisotopic (exact) mass is 354 g/mol. The van der Waals surface area contributed by atoms with Gasteiger partial charge in [-0.3, -0.25) is 0 Å². The highest BCUT2D eigenvalue weighted by atomic mass is 79.9. The van der Waals surface area contributed by atoms with Gasteiger partial charge in [-0.05, 0) is 30.7 Å². The molecular formula is C16H13BrF2O2. The second-order valence-electron chi connectivity index (χ2n) is 4.94. The largest absolute Gasteiger partial charge is 0.486 e. The highest BCUT2D eigenvalue weighted by Crippen LogP contribution is 2.38. The maximum absolute atomic E-state index is 14.0.